The number of rotatable bonds is 3. The first kappa shape index (κ1) is 11.0. The van der Waals surface area contributed by atoms with Crippen LogP contribution in [0.15, 0.2) is 0 Å². The number of carboxylic acids is 1. The molecule has 0 aromatic heterocycles. The maximum atomic E-state index is 11.5. The lowest BCUT2D eigenvalue weighted by Gasteiger charge is -2.20. The molecule has 1 heterocycles. The van der Waals surface area contributed by atoms with Crippen molar-refractivity contribution in [2.45, 2.75) is 38.3 Å². The van der Waals surface area contributed by atoms with E-state index >= 15 is 0 Å². The van der Waals surface area contributed by atoms with Gasteiger partial charge >= 0.3 is 5.97 Å². The Balaban J connectivity index is 2.66. The summed E-state index contributed by atoms with van der Waals surface area (Å²) in [6.07, 6.45) is 0.482. The van der Waals surface area contributed by atoms with Crippen molar-refractivity contribution < 1.29 is 19.8 Å². The molecule has 1 amide bonds. The van der Waals surface area contributed by atoms with Crippen LogP contribution in [0.25, 0.3) is 0 Å². The third kappa shape index (κ3) is 2.23. The molecule has 5 nitrogen and oxygen atoms in total. The average Bonchev–Trinajstić information content (AvgIpc) is 2.48. The molecule has 0 aromatic rings. The van der Waals surface area contributed by atoms with E-state index in [-0.39, 0.29) is 18.9 Å². The zero-order valence-corrected chi connectivity index (χ0v) is 8.14. The van der Waals surface area contributed by atoms with Gasteiger partial charge in [0.1, 0.15) is 6.04 Å². The van der Waals surface area contributed by atoms with Crippen molar-refractivity contribution in [2.75, 3.05) is 6.54 Å². The Hall–Kier alpha value is -1.10. The first-order valence-corrected chi connectivity index (χ1v) is 4.76. The Labute approximate surface area is 82.3 Å². The lowest BCUT2D eigenvalue weighted by Crippen LogP contribution is -2.40. The fourth-order valence-electron chi connectivity index (χ4n) is 1.68. The van der Waals surface area contributed by atoms with Crippen LogP contribution in [0.2, 0.25) is 0 Å². The normalized spacial score (nSPS) is 26.6. The standard InChI is InChI=1S/C9H15NO4/c1-2-3-8(12)10-5-6(11)4-7(10)9(13)14/h6-7,11H,2-5H2,1H3,(H,13,14)/t6?,7-/m0/s1. The van der Waals surface area contributed by atoms with Crippen LogP contribution in [-0.4, -0.2) is 45.7 Å². The first-order valence-electron chi connectivity index (χ1n) is 4.76. The molecule has 5 heteroatoms. The second-order valence-corrected chi connectivity index (χ2v) is 3.54. The molecule has 1 fully saturated rings. The number of carbonyl (C=O) groups is 2. The van der Waals surface area contributed by atoms with Gasteiger partial charge in [0.05, 0.1) is 6.10 Å². The van der Waals surface area contributed by atoms with E-state index in [0.29, 0.717) is 12.8 Å². The van der Waals surface area contributed by atoms with E-state index < -0.39 is 18.1 Å². The van der Waals surface area contributed by atoms with Gasteiger partial charge in [-0.1, -0.05) is 6.92 Å². The number of carbonyl (C=O) groups excluding carboxylic acids is 1. The van der Waals surface area contributed by atoms with Crippen LogP contribution >= 0.6 is 0 Å². The third-order valence-electron chi connectivity index (χ3n) is 2.35. The van der Waals surface area contributed by atoms with E-state index in [4.69, 9.17) is 5.11 Å². The highest BCUT2D eigenvalue weighted by Gasteiger charge is 2.38. The van der Waals surface area contributed by atoms with Gasteiger partial charge in [-0.2, -0.15) is 0 Å². The Bertz CT molecular complexity index is 241. The lowest BCUT2D eigenvalue weighted by atomic mass is 10.2. The van der Waals surface area contributed by atoms with Crippen LogP contribution in [0.3, 0.4) is 0 Å². The van der Waals surface area contributed by atoms with Crippen molar-refractivity contribution in [2.24, 2.45) is 0 Å². The summed E-state index contributed by atoms with van der Waals surface area (Å²) in [5.74, 6) is -1.22. The van der Waals surface area contributed by atoms with Crippen LogP contribution in [0.1, 0.15) is 26.2 Å². The van der Waals surface area contributed by atoms with Crippen molar-refractivity contribution >= 4 is 11.9 Å². The summed E-state index contributed by atoms with van der Waals surface area (Å²) in [5, 5.41) is 18.1. The molecule has 14 heavy (non-hydrogen) atoms. The molecule has 1 unspecified atom stereocenters. The average molecular weight is 201 g/mol. The molecule has 2 N–H and O–H groups in total. The molecule has 0 spiro atoms. The molecule has 80 valence electrons. The highest BCUT2D eigenvalue weighted by Crippen LogP contribution is 2.19. The smallest absolute Gasteiger partial charge is 0.326 e. The SMILES string of the molecule is CCCC(=O)N1CC(O)C[C@H]1C(=O)O. The predicted octanol–water partition coefficient (Wildman–Crippen LogP) is -0.167. The highest BCUT2D eigenvalue weighted by atomic mass is 16.4. The molecule has 0 radical (unpaired) electrons. The monoisotopic (exact) mass is 201 g/mol. The van der Waals surface area contributed by atoms with Crippen LogP contribution in [-0.2, 0) is 9.59 Å². The second-order valence-electron chi connectivity index (χ2n) is 3.54. The minimum atomic E-state index is -1.04. The molecule has 2 atom stereocenters. The minimum absolute atomic E-state index is 0.144. The summed E-state index contributed by atoms with van der Waals surface area (Å²) in [5.41, 5.74) is 0. The summed E-state index contributed by atoms with van der Waals surface area (Å²) in [6.45, 7) is 2.01. The second kappa shape index (κ2) is 4.41. The molecule has 0 bridgehead atoms. The number of nitrogens with zero attached hydrogens (tertiary/aromatic N) is 1. The topological polar surface area (TPSA) is 77.8 Å². The molecular formula is C9H15NO4. The van der Waals surface area contributed by atoms with Crippen molar-refractivity contribution in [3.8, 4) is 0 Å². The van der Waals surface area contributed by atoms with Gasteiger partial charge in [0.15, 0.2) is 0 Å². The Morgan fingerprint density at radius 1 is 1.50 bits per heavy atom. The molecule has 1 saturated heterocycles. The van der Waals surface area contributed by atoms with Crippen molar-refractivity contribution in [1.29, 1.82) is 0 Å². The van der Waals surface area contributed by atoms with Crippen molar-refractivity contribution in [3.05, 3.63) is 0 Å². The first-order chi connectivity index (χ1) is 6.56. The zero-order valence-electron chi connectivity index (χ0n) is 8.14. The minimum Gasteiger partial charge on any atom is -0.480 e. The summed E-state index contributed by atoms with van der Waals surface area (Å²) < 4.78 is 0. The summed E-state index contributed by atoms with van der Waals surface area (Å²) in [7, 11) is 0. The van der Waals surface area contributed by atoms with Gasteiger partial charge < -0.3 is 15.1 Å². The van der Waals surface area contributed by atoms with E-state index in [2.05, 4.69) is 0 Å². The fourth-order valence-corrected chi connectivity index (χ4v) is 1.68. The maximum Gasteiger partial charge on any atom is 0.326 e. The number of amides is 1. The summed E-state index contributed by atoms with van der Waals surface area (Å²) >= 11 is 0. The molecule has 1 aliphatic heterocycles. The van der Waals surface area contributed by atoms with E-state index in [1.165, 1.54) is 4.90 Å². The number of aliphatic carboxylic acids is 1. The number of hydrogen-bond donors (Lipinski definition) is 2. The van der Waals surface area contributed by atoms with E-state index in [1.54, 1.807) is 0 Å². The van der Waals surface area contributed by atoms with E-state index in [9.17, 15) is 14.7 Å². The third-order valence-corrected chi connectivity index (χ3v) is 2.35. The van der Waals surface area contributed by atoms with Gasteiger partial charge in [0.25, 0.3) is 0 Å². The number of likely N-dealkylation sites (tertiary alicyclic amines) is 1. The molecule has 0 aromatic carbocycles. The number of carboxylic acid groups (broad SMARTS) is 1. The van der Waals surface area contributed by atoms with Gasteiger partial charge in [-0.05, 0) is 6.42 Å². The van der Waals surface area contributed by atoms with Gasteiger partial charge in [0, 0.05) is 19.4 Å². The lowest BCUT2D eigenvalue weighted by molar-refractivity contribution is -0.148. The molecule has 0 saturated carbocycles. The molecule has 0 aliphatic carbocycles. The Morgan fingerprint density at radius 2 is 2.14 bits per heavy atom. The summed E-state index contributed by atoms with van der Waals surface area (Å²) in [4.78, 5) is 23.5. The predicted molar refractivity (Wildman–Crippen MR) is 48.7 cm³/mol. The fraction of sp³-hybridized carbons (Fsp3) is 0.778. The van der Waals surface area contributed by atoms with Crippen molar-refractivity contribution in [1.82, 2.24) is 4.90 Å². The molecular weight excluding hydrogens is 186 g/mol. The number of aliphatic hydroxyl groups excluding tert-OH is 1. The quantitative estimate of drug-likeness (QED) is 0.664. The van der Waals surface area contributed by atoms with Crippen LogP contribution in [0, 0.1) is 0 Å². The Morgan fingerprint density at radius 3 is 2.64 bits per heavy atom. The largest absolute Gasteiger partial charge is 0.480 e. The highest BCUT2D eigenvalue weighted by molar-refractivity contribution is 5.84. The number of β-amino-alcohol motifs (C(OH)–C–C–N with tert-alkyl or cyclic N) is 1. The zero-order chi connectivity index (χ0) is 10.7. The van der Waals surface area contributed by atoms with E-state index in [0.717, 1.165) is 0 Å². The number of hydrogen-bond acceptors (Lipinski definition) is 3. The molecule has 1 rings (SSSR count). The summed E-state index contributed by atoms with van der Waals surface area (Å²) in [6, 6.07) is -0.843. The maximum absolute atomic E-state index is 11.5. The number of aliphatic hydroxyl groups is 1. The van der Waals surface area contributed by atoms with E-state index in [1.807, 2.05) is 6.92 Å². The van der Waals surface area contributed by atoms with Crippen LogP contribution < -0.4 is 0 Å². The van der Waals surface area contributed by atoms with Gasteiger partial charge in [-0.25, -0.2) is 4.79 Å². The van der Waals surface area contributed by atoms with Crippen molar-refractivity contribution in [3.63, 3.8) is 0 Å². The van der Waals surface area contributed by atoms with Gasteiger partial charge in [-0.3, -0.25) is 4.79 Å². The van der Waals surface area contributed by atoms with Crippen LogP contribution in [0.5, 0.6) is 0 Å². The van der Waals surface area contributed by atoms with Gasteiger partial charge in [0.2, 0.25) is 5.91 Å². The van der Waals surface area contributed by atoms with Gasteiger partial charge in [-0.15, -0.1) is 0 Å². The Kier molecular flexibility index (Phi) is 3.46. The molecule has 1 aliphatic rings. The van der Waals surface area contributed by atoms with Crippen LogP contribution in [0.4, 0.5) is 0 Å².